The molecule has 0 amide bonds. The van der Waals surface area contributed by atoms with Crippen molar-refractivity contribution < 1.29 is 14.3 Å². The molecule has 0 saturated heterocycles. The van der Waals surface area contributed by atoms with E-state index in [2.05, 4.69) is 29.0 Å². The average molecular weight is 466 g/mol. The number of nitrogens with one attached hydrogen (secondary N) is 1. The number of hydrogen-bond acceptors (Lipinski definition) is 5. The van der Waals surface area contributed by atoms with Crippen LogP contribution in [0.3, 0.4) is 0 Å². The van der Waals surface area contributed by atoms with E-state index in [1.165, 1.54) is 0 Å². The van der Waals surface area contributed by atoms with Gasteiger partial charge in [-0.3, -0.25) is 9.78 Å². The van der Waals surface area contributed by atoms with Gasteiger partial charge in [0.25, 0.3) is 0 Å². The Labute approximate surface area is 199 Å². The van der Waals surface area contributed by atoms with Gasteiger partial charge in [-0.05, 0) is 61.1 Å². The second-order valence-corrected chi connectivity index (χ2v) is 8.75. The van der Waals surface area contributed by atoms with Gasteiger partial charge in [0.1, 0.15) is 5.75 Å². The topological polar surface area (TPSA) is 77.1 Å². The largest absolute Gasteiger partial charge is 0.493 e. The molecule has 2 unspecified atom stereocenters. The first-order valence-corrected chi connectivity index (χ1v) is 11.5. The number of fused-ring (bicyclic) bond motifs is 1. The second-order valence-electron chi connectivity index (χ2n) is 8.31. The number of hydrogen-bond donors (Lipinski definition) is 1. The van der Waals surface area contributed by atoms with Crippen molar-refractivity contribution in [3.8, 4) is 22.9 Å². The summed E-state index contributed by atoms with van der Waals surface area (Å²) in [4.78, 5) is 18.3. The monoisotopic (exact) mass is 465 g/mol. The number of ether oxygens (including phenoxy) is 2. The quantitative estimate of drug-likeness (QED) is 0.441. The molecule has 1 aliphatic rings. The predicted octanol–water partition coefficient (Wildman–Crippen LogP) is 5.87. The van der Waals surface area contributed by atoms with Crippen LogP contribution >= 0.6 is 11.6 Å². The molecule has 7 heteroatoms. The number of halogens is 1. The standard InChI is InChI=1S/C26H28ClN3O3/c1-5-15(3)20-11-23(22-13-29-30-26(22)32-4)28-12-21(20)19(6-2)25(31)17-9-16-10-18(27)7-8-24(16)33-14-17/h6-8,10-13,15,17H,5,9,14H2,1-4H3,(H,29,30)/b19-6+. The zero-order chi connectivity index (χ0) is 23.5. The Hall–Kier alpha value is -3.12. The van der Waals surface area contributed by atoms with Crippen molar-refractivity contribution in [3.05, 3.63) is 64.4 Å². The highest BCUT2D eigenvalue weighted by Gasteiger charge is 2.30. The van der Waals surface area contributed by atoms with E-state index in [4.69, 9.17) is 21.1 Å². The number of allylic oxidation sites excluding steroid dienone is 2. The van der Waals surface area contributed by atoms with E-state index in [-0.39, 0.29) is 17.6 Å². The molecule has 33 heavy (non-hydrogen) atoms. The normalized spacial score (nSPS) is 16.6. The second kappa shape index (κ2) is 9.79. The number of rotatable bonds is 7. The van der Waals surface area contributed by atoms with Crippen LogP contribution in [-0.4, -0.2) is 34.7 Å². The molecule has 2 aromatic heterocycles. The maximum Gasteiger partial charge on any atom is 0.218 e. The fraction of sp³-hybridized carbons (Fsp3) is 0.346. The Morgan fingerprint density at radius 2 is 2.18 bits per heavy atom. The highest BCUT2D eigenvalue weighted by molar-refractivity contribution is 6.30. The van der Waals surface area contributed by atoms with Gasteiger partial charge in [-0.1, -0.05) is 31.5 Å². The molecule has 172 valence electrons. The highest BCUT2D eigenvalue weighted by Crippen LogP contribution is 2.36. The average Bonchev–Trinajstić information content (AvgIpc) is 3.32. The Morgan fingerprint density at radius 3 is 2.91 bits per heavy atom. The lowest BCUT2D eigenvalue weighted by Gasteiger charge is -2.26. The minimum Gasteiger partial charge on any atom is -0.493 e. The first-order valence-electron chi connectivity index (χ1n) is 11.2. The molecule has 0 spiro atoms. The summed E-state index contributed by atoms with van der Waals surface area (Å²) in [6.45, 7) is 6.55. The minimum atomic E-state index is -0.277. The maximum atomic E-state index is 13.7. The van der Waals surface area contributed by atoms with Crippen molar-refractivity contribution in [3.63, 3.8) is 0 Å². The van der Waals surface area contributed by atoms with Gasteiger partial charge >= 0.3 is 0 Å². The fourth-order valence-electron chi connectivity index (χ4n) is 4.27. The SMILES string of the molecule is C/C=C(/C(=O)C1COc2ccc(Cl)cc2C1)c1cnc(-c2cn[nH]c2OC)cc1C(C)CC. The highest BCUT2D eigenvalue weighted by atomic mass is 35.5. The van der Waals surface area contributed by atoms with Gasteiger partial charge < -0.3 is 9.47 Å². The lowest BCUT2D eigenvalue weighted by molar-refractivity contribution is -0.118. The van der Waals surface area contributed by atoms with Gasteiger partial charge in [-0.15, -0.1) is 0 Å². The maximum absolute atomic E-state index is 13.7. The van der Waals surface area contributed by atoms with Crippen LogP contribution in [0.1, 0.15) is 49.8 Å². The molecule has 0 saturated carbocycles. The van der Waals surface area contributed by atoms with Gasteiger partial charge in [0, 0.05) is 22.4 Å². The summed E-state index contributed by atoms with van der Waals surface area (Å²) in [6.07, 6.45) is 6.91. The van der Waals surface area contributed by atoms with Crippen LogP contribution in [-0.2, 0) is 11.2 Å². The van der Waals surface area contributed by atoms with Crippen LogP contribution in [0.15, 0.2) is 42.7 Å². The van der Waals surface area contributed by atoms with Crippen molar-refractivity contribution in [1.82, 2.24) is 15.2 Å². The van der Waals surface area contributed by atoms with Gasteiger partial charge in [0.2, 0.25) is 5.88 Å². The summed E-state index contributed by atoms with van der Waals surface area (Å²) in [5, 5.41) is 7.55. The number of nitrogens with zero attached hydrogens (tertiary/aromatic N) is 2. The van der Waals surface area contributed by atoms with Gasteiger partial charge in [0.15, 0.2) is 5.78 Å². The van der Waals surface area contributed by atoms with Crippen LogP contribution in [0.2, 0.25) is 5.02 Å². The number of pyridine rings is 1. The number of carbonyl (C=O) groups is 1. The minimum absolute atomic E-state index is 0.0584. The molecule has 6 nitrogen and oxygen atoms in total. The summed E-state index contributed by atoms with van der Waals surface area (Å²) in [5.74, 6) is 1.38. The molecule has 4 rings (SSSR count). The smallest absolute Gasteiger partial charge is 0.218 e. The Morgan fingerprint density at radius 1 is 1.36 bits per heavy atom. The summed E-state index contributed by atoms with van der Waals surface area (Å²) in [6, 6.07) is 7.59. The third-order valence-corrected chi connectivity index (χ3v) is 6.54. The first kappa shape index (κ1) is 23.1. The summed E-state index contributed by atoms with van der Waals surface area (Å²) < 4.78 is 11.3. The van der Waals surface area contributed by atoms with Crippen molar-refractivity contribution in [2.45, 2.75) is 39.5 Å². The van der Waals surface area contributed by atoms with Gasteiger partial charge in [-0.2, -0.15) is 5.10 Å². The molecular formula is C26H28ClN3O3. The van der Waals surface area contributed by atoms with Crippen molar-refractivity contribution in [2.24, 2.45) is 5.92 Å². The number of H-pyrrole nitrogens is 1. The van der Waals surface area contributed by atoms with E-state index < -0.39 is 0 Å². The fourth-order valence-corrected chi connectivity index (χ4v) is 4.46. The zero-order valence-electron chi connectivity index (χ0n) is 19.3. The summed E-state index contributed by atoms with van der Waals surface area (Å²) >= 11 is 6.16. The molecular weight excluding hydrogens is 438 g/mol. The first-order chi connectivity index (χ1) is 16.0. The van der Waals surface area contributed by atoms with Crippen molar-refractivity contribution in [2.75, 3.05) is 13.7 Å². The lowest BCUT2D eigenvalue weighted by atomic mass is 9.83. The number of ketones is 1. The number of methoxy groups -OCH3 is 1. The molecule has 0 radical (unpaired) electrons. The van der Waals surface area contributed by atoms with E-state index in [0.29, 0.717) is 29.5 Å². The Bertz CT molecular complexity index is 1200. The number of benzene rings is 1. The van der Waals surface area contributed by atoms with Crippen LogP contribution in [0.4, 0.5) is 0 Å². The van der Waals surface area contributed by atoms with Gasteiger partial charge in [0.05, 0.1) is 37.1 Å². The molecule has 1 N–H and O–H groups in total. The third-order valence-electron chi connectivity index (χ3n) is 6.31. The van der Waals surface area contributed by atoms with E-state index >= 15 is 0 Å². The molecule has 0 bridgehead atoms. The van der Waals surface area contributed by atoms with E-state index in [1.54, 1.807) is 25.6 Å². The number of aromatic nitrogens is 3. The van der Waals surface area contributed by atoms with Crippen LogP contribution in [0.25, 0.3) is 16.8 Å². The van der Waals surface area contributed by atoms with Gasteiger partial charge in [-0.25, -0.2) is 5.10 Å². The number of aromatic amines is 1. The van der Waals surface area contributed by atoms with E-state index in [1.807, 2.05) is 31.2 Å². The van der Waals surface area contributed by atoms with Crippen LogP contribution in [0, 0.1) is 5.92 Å². The molecule has 0 aliphatic carbocycles. The Balaban J connectivity index is 1.69. The van der Waals surface area contributed by atoms with E-state index in [9.17, 15) is 4.79 Å². The molecule has 1 aliphatic heterocycles. The lowest BCUT2D eigenvalue weighted by Crippen LogP contribution is -2.29. The van der Waals surface area contributed by atoms with Crippen LogP contribution < -0.4 is 9.47 Å². The molecule has 1 aromatic carbocycles. The molecule has 2 atom stereocenters. The number of carbonyl (C=O) groups excluding carboxylic acids is 1. The third kappa shape index (κ3) is 4.53. The van der Waals surface area contributed by atoms with E-state index in [0.717, 1.165) is 40.1 Å². The van der Waals surface area contributed by atoms with Crippen molar-refractivity contribution >= 4 is 23.0 Å². The molecule has 3 aromatic rings. The van der Waals surface area contributed by atoms with Crippen LogP contribution in [0.5, 0.6) is 11.6 Å². The molecule has 3 heterocycles. The molecule has 0 fully saturated rings. The van der Waals surface area contributed by atoms with Crippen molar-refractivity contribution in [1.29, 1.82) is 0 Å². The zero-order valence-corrected chi connectivity index (χ0v) is 20.1. The summed E-state index contributed by atoms with van der Waals surface area (Å²) in [5.41, 5.74) is 5.11. The summed E-state index contributed by atoms with van der Waals surface area (Å²) in [7, 11) is 1.59. The Kier molecular flexibility index (Phi) is 6.84. The predicted molar refractivity (Wildman–Crippen MR) is 130 cm³/mol. The number of Topliss-reactive ketones (excluding diaryl/α,β-unsaturated/α-hetero) is 1.